The predicted octanol–water partition coefficient (Wildman–Crippen LogP) is 3.51. The van der Waals surface area contributed by atoms with Gasteiger partial charge in [0, 0.05) is 0 Å². The molecule has 100 valence electrons. The van der Waals surface area contributed by atoms with Gasteiger partial charge in [-0.05, 0) is 29.8 Å². The fourth-order valence-corrected chi connectivity index (χ4v) is 1.99. The van der Waals surface area contributed by atoms with Crippen LogP contribution in [0.5, 0.6) is 5.75 Å². The molecule has 0 saturated carbocycles. The first-order valence-electron chi connectivity index (χ1n) is 6.12. The van der Waals surface area contributed by atoms with Gasteiger partial charge >= 0.3 is 5.63 Å². The van der Waals surface area contributed by atoms with Gasteiger partial charge in [-0.2, -0.15) is 0 Å². The highest BCUT2D eigenvalue weighted by Gasteiger charge is 2.06. The van der Waals surface area contributed by atoms with Crippen LogP contribution in [0.25, 0.3) is 11.0 Å². The molecule has 1 heterocycles. The summed E-state index contributed by atoms with van der Waals surface area (Å²) in [5, 5.41) is 0.712. The van der Waals surface area contributed by atoms with Crippen molar-refractivity contribution in [3.05, 3.63) is 76.4 Å². The van der Waals surface area contributed by atoms with E-state index in [9.17, 15) is 9.18 Å². The van der Waals surface area contributed by atoms with Gasteiger partial charge in [-0.25, -0.2) is 9.18 Å². The molecule has 2 aromatic carbocycles. The average Bonchev–Trinajstić information content (AvgIpc) is 2.44. The molecule has 0 unspecified atom stereocenters. The average molecular weight is 270 g/mol. The van der Waals surface area contributed by atoms with Crippen molar-refractivity contribution in [2.45, 2.75) is 6.61 Å². The SMILES string of the molecule is O=c1cc(OCc2cccc(F)c2)c2ccccc2o1. The van der Waals surface area contributed by atoms with Crippen molar-refractivity contribution < 1.29 is 13.5 Å². The van der Waals surface area contributed by atoms with Crippen LogP contribution in [0.2, 0.25) is 0 Å². The van der Waals surface area contributed by atoms with E-state index in [1.165, 1.54) is 18.2 Å². The molecule has 0 aliphatic rings. The molecular formula is C16H11FO3. The Labute approximate surface area is 114 Å². The molecule has 3 aromatic rings. The summed E-state index contributed by atoms with van der Waals surface area (Å²) in [5.41, 5.74) is 0.689. The van der Waals surface area contributed by atoms with Gasteiger partial charge < -0.3 is 9.15 Å². The first-order chi connectivity index (χ1) is 9.72. The van der Waals surface area contributed by atoms with E-state index in [0.29, 0.717) is 22.3 Å². The first-order valence-corrected chi connectivity index (χ1v) is 6.12. The maximum atomic E-state index is 13.1. The van der Waals surface area contributed by atoms with Crippen LogP contribution in [-0.2, 0) is 6.61 Å². The van der Waals surface area contributed by atoms with Crippen LogP contribution in [0.3, 0.4) is 0 Å². The minimum atomic E-state index is -0.474. The second kappa shape index (κ2) is 5.17. The predicted molar refractivity (Wildman–Crippen MR) is 73.2 cm³/mol. The lowest BCUT2D eigenvalue weighted by molar-refractivity contribution is 0.306. The molecule has 1 aromatic heterocycles. The van der Waals surface area contributed by atoms with E-state index in [2.05, 4.69) is 0 Å². The molecule has 3 nitrogen and oxygen atoms in total. The van der Waals surface area contributed by atoms with E-state index in [4.69, 9.17) is 9.15 Å². The van der Waals surface area contributed by atoms with Gasteiger partial charge in [-0.15, -0.1) is 0 Å². The van der Waals surface area contributed by atoms with Crippen LogP contribution in [0.1, 0.15) is 5.56 Å². The van der Waals surface area contributed by atoms with Gasteiger partial charge in [0.25, 0.3) is 0 Å². The van der Waals surface area contributed by atoms with Crippen molar-refractivity contribution in [3.63, 3.8) is 0 Å². The fraction of sp³-hybridized carbons (Fsp3) is 0.0625. The molecule has 3 rings (SSSR count). The Morgan fingerprint density at radius 3 is 2.75 bits per heavy atom. The third-order valence-electron chi connectivity index (χ3n) is 2.90. The molecule has 0 amide bonds. The van der Waals surface area contributed by atoms with E-state index in [1.807, 2.05) is 6.07 Å². The van der Waals surface area contributed by atoms with E-state index in [1.54, 1.807) is 30.3 Å². The van der Waals surface area contributed by atoms with Crippen LogP contribution in [0.4, 0.5) is 4.39 Å². The maximum absolute atomic E-state index is 13.1. The molecule has 0 aliphatic heterocycles. The Balaban J connectivity index is 1.93. The summed E-state index contributed by atoms with van der Waals surface area (Å²) in [4.78, 5) is 11.5. The Morgan fingerprint density at radius 1 is 1.05 bits per heavy atom. The molecule has 0 radical (unpaired) electrons. The van der Waals surface area contributed by atoms with Gasteiger partial charge in [-0.1, -0.05) is 24.3 Å². The van der Waals surface area contributed by atoms with Gasteiger partial charge in [0.05, 0.1) is 11.5 Å². The lowest BCUT2D eigenvalue weighted by Gasteiger charge is -2.08. The molecule has 0 N–H and O–H groups in total. The zero-order valence-electron chi connectivity index (χ0n) is 10.5. The lowest BCUT2D eigenvalue weighted by atomic mass is 10.2. The normalized spacial score (nSPS) is 10.7. The highest BCUT2D eigenvalue weighted by molar-refractivity contribution is 5.82. The molecule has 0 atom stereocenters. The van der Waals surface area contributed by atoms with Crippen molar-refractivity contribution in [1.82, 2.24) is 0 Å². The summed E-state index contributed by atoms with van der Waals surface area (Å²) in [7, 11) is 0. The second-order valence-corrected chi connectivity index (χ2v) is 4.34. The maximum Gasteiger partial charge on any atom is 0.339 e. The van der Waals surface area contributed by atoms with Crippen molar-refractivity contribution in [2.75, 3.05) is 0 Å². The summed E-state index contributed by atoms with van der Waals surface area (Å²) < 4.78 is 23.8. The van der Waals surface area contributed by atoms with Gasteiger partial charge in [0.15, 0.2) is 0 Å². The van der Waals surface area contributed by atoms with Crippen LogP contribution < -0.4 is 10.4 Å². The summed E-state index contributed by atoms with van der Waals surface area (Å²) in [6.07, 6.45) is 0. The third kappa shape index (κ3) is 2.54. The monoisotopic (exact) mass is 270 g/mol. The van der Waals surface area contributed by atoms with Crippen LogP contribution in [0, 0.1) is 5.82 Å². The number of rotatable bonds is 3. The molecular weight excluding hydrogens is 259 g/mol. The largest absolute Gasteiger partial charge is 0.488 e. The topological polar surface area (TPSA) is 39.4 Å². The standard InChI is InChI=1S/C16H11FO3/c17-12-5-3-4-11(8-12)10-19-15-9-16(18)20-14-7-2-1-6-13(14)15/h1-9H,10H2. The molecule has 0 saturated heterocycles. The highest BCUT2D eigenvalue weighted by atomic mass is 19.1. The molecule has 0 spiro atoms. The van der Waals surface area contributed by atoms with Crippen molar-refractivity contribution in [3.8, 4) is 5.75 Å². The van der Waals surface area contributed by atoms with Crippen LogP contribution >= 0.6 is 0 Å². The summed E-state index contributed by atoms with van der Waals surface area (Å²) in [6, 6.07) is 14.6. The number of para-hydroxylation sites is 1. The lowest BCUT2D eigenvalue weighted by Crippen LogP contribution is -2.02. The number of fused-ring (bicyclic) bond motifs is 1. The Hall–Kier alpha value is -2.62. The number of ether oxygens (including phenoxy) is 1. The number of hydrogen-bond donors (Lipinski definition) is 0. The van der Waals surface area contributed by atoms with E-state index < -0.39 is 5.63 Å². The second-order valence-electron chi connectivity index (χ2n) is 4.34. The van der Waals surface area contributed by atoms with E-state index in [0.717, 1.165) is 0 Å². The van der Waals surface area contributed by atoms with Gasteiger partial charge in [0.1, 0.15) is 23.8 Å². The van der Waals surface area contributed by atoms with Crippen LogP contribution in [-0.4, -0.2) is 0 Å². The minimum absolute atomic E-state index is 0.186. The minimum Gasteiger partial charge on any atom is -0.488 e. The zero-order valence-corrected chi connectivity index (χ0v) is 10.5. The Morgan fingerprint density at radius 2 is 1.90 bits per heavy atom. The molecule has 0 bridgehead atoms. The molecule has 0 fully saturated rings. The number of hydrogen-bond acceptors (Lipinski definition) is 3. The smallest absolute Gasteiger partial charge is 0.339 e. The van der Waals surface area contributed by atoms with E-state index >= 15 is 0 Å². The fourth-order valence-electron chi connectivity index (χ4n) is 1.99. The van der Waals surface area contributed by atoms with E-state index in [-0.39, 0.29) is 12.4 Å². The van der Waals surface area contributed by atoms with Crippen molar-refractivity contribution >= 4 is 11.0 Å². The highest BCUT2D eigenvalue weighted by Crippen LogP contribution is 2.24. The van der Waals surface area contributed by atoms with Gasteiger partial charge in [0.2, 0.25) is 0 Å². The molecule has 4 heteroatoms. The third-order valence-corrected chi connectivity index (χ3v) is 2.90. The Bertz CT molecular complexity index is 808. The van der Waals surface area contributed by atoms with Gasteiger partial charge in [-0.3, -0.25) is 0 Å². The summed E-state index contributed by atoms with van der Waals surface area (Å²) in [5.74, 6) is 0.115. The zero-order chi connectivity index (χ0) is 13.9. The first kappa shape index (κ1) is 12.4. The molecule has 20 heavy (non-hydrogen) atoms. The quantitative estimate of drug-likeness (QED) is 0.684. The Kier molecular flexibility index (Phi) is 3.21. The van der Waals surface area contributed by atoms with Crippen molar-refractivity contribution in [2.24, 2.45) is 0 Å². The van der Waals surface area contributed by atoms with Crippen LogP contribution in [0.15, 0.2) is 63.8 Å². The number of halogens is 1. The van der Waals surface area contributed by atoms with Crippen molar-refractivity contribution in [1.29, 1.82) is 0 Å². The summed E-state index contributed by atoms with van der Waals surface area (Å²) >= 11 is 0. The summed E-state index contributed by atoms with van der Waals surface area (Å²) in [6.45, 7) is 0.186. The molecule has 0 aliphatic carbocycles. The number of benzene rings is 2.